The Morgan fingerprint density at radius 3 is 1.07 bits per heavy atom. The zero-order chi connectivity index (χ0) is 41.3. The molecule has 0 saturated carbocycles. The molecule has 0 atom stereocenters. The van der Waals surface area contributed by atoms with E-state index < -0.39 is 0 Å². The molecule has 0 aliphatic rings. The van der Waals surface area contributed by atoms with Crippen molar-refractivity contribution in [2.24, 2.45) is 0 Å². The minimum atomic E-state index is -0.0124. The van der Waals surface area contributed by atoms with Crippen LogP contribution in [0.25, 0.3) is 77.2 Å². The van der Waals surface area contributed by atoms with E-state index in [0.717, 1.165) is 17.1 Å². The largest absolute Gasteiger partial charge is 0.311 e. The average Bonchev–Trinajstić information content (AvgIpc) is 3.32. The van der Waals surface area contributed by atoms with Crippen molar-refractivity contribution >= 4 is 38.6 Å². The second-order valence-corrected chi connectivity index (χ2v) is 17.0. The van der Waals surface area contributed by atoms with Gasteiger partial charge in [0.25, 0.3) is 0 Å². The van der Waals surface area contributed by atoms with Gasteiger partial charge >= 0.3 is 0 Å². The van der Waals surface area contributed by atoms with Crippen molar-refractivity contribution in [3.05, 3.63) is 236 Å². The zero-order valence-corrected chi connectivity index (χ0v) is 34.9. The number of anilines is 3. The van der Waals surface area contributed by atoms with Crippen LogP contribution in [-0.4, -0.2) is 0 Å². The van der Waals surface area contributed by atoms with Crippen LogP contribution in [0.15, 0.2) is 231 Å². The minimum absolute atomic E-state index is 0.0124. The minimum Gasteiger partial charge on any atom is -0.311 e. The van der Waals surface area contributed by atoms with E-state index in [1.165, 1.54) is 82.7 Å². The van der Waals surface area contributed by atoms with Gasteiger partial charge in [-0.25, -0.2) is 0 Å². The Morgan fingerprint density at radius 2 is 0.607 bits per heavy atom. The highest BCUT2D eigenvalue weighted by Crippen LogP contribution is 2.46. The van der Waals surface area contributed by atoms with Gasteiger partial charge in [-0.05, 0) is 149 Å². The van der Waals surface area contributed by atoms with Crippen LogP contribution in [0.4, 0.5) is 17.1 Å². The van der Waals surface area contributed by atoms with E-state index in [4.69, 9.17) is 0 Å². The monoisotopic (exact) mass is 781 g/mol. The molecular formula is C60H47N. The quantitative estimate of drug-likeness (QED) is 0.139. The summed E-state index contributed by atoms with van der Waals surface area (Å²) in [6.45, 7) is 6.92. The highest BCUT2D eigenvalue weighted by atomic mass is 15.1. The first-order valence-corrected chi connectivity index (χ1v) is 21.3. The van der Waals surface area contributed by atoms with Gasteiger partial charge in [-0.15, -0.1) is 0 Å². The van der Waals surface area contributed by atoms with E-state index in [-0.39, 0.29) is 5.41 Å². The summed E-state index contributed by atoms with van der Waals surface area (Å²) in [5, 5.41) is 5.02. The van der Waals surface area contributed by atoms with E-state index in [1.807, 2.05) is 0 Å². The van der Waals surface area contributed by atoms with Crippen LogP contribution in [0.2, 0.25) is 0 Å². The summed E-state index contributed by atoms with van der Waals surface area (Å²) in [5.41, 5.74) is 16.9. The molecule has 0 radical (unpaired) electrons. The third kappa shape index (κ3) is 7.41. The molecule has 0 N–H and O–H groups in total. The van der Waals surface area contributed by atoms with Crippen molar-refractivity contribution in [1.29, 1.82) is 0 Å². The highest BCUT2D eigenvalue weighted by molar-refractivity contribution is 6.21. The highest BCUT2D eigenvalue weighted by Gasteiger charge is 2.21. The number of fused-ring (bicyclic) bond motifs is 2. The number of hydrogen-bond acceptors (Lipinski definition) is 1. The summed E-state index contributed by atoms with van der Waals surface area (Å²) in [4.78, 5) is 2.32. The summed E-state index contributed by atoms with van der Waals surface area (Å²) in [6.07, 6.45) is 0. The predicted octanol–water partition coefficient (Wildman–Crippen LogP) is 17.1. The van der Waals surface area contributed by atoms with Gasteiger partial charge in [0.2, 0.25) is 0 Å². The van der Waals surface area contributed by atoms with Crippen molar-refractivity contribution in [2.45, 2.75) is 26.2 Å². The summed E-state index contributed by atoms with van der Waals surface area (Å²) < 4.78 is 0. The van der Waals surface area contributed by atoms with Crippen molar-refractivity contribution in [3.63, 3.8) is 0 Å². The van der Waals surface area contributed by atoms with Crippen LogP contribution in [-0.2, 0) is 5.41 Å². The number of benzene rings is 10. The molecule has 0 aliphatic heterocycles. The molecule has 0 bridgehead atoms. The van der Waals surface area contributed by atoms with E-state index in [0.29, 0.717) is 0 Å². The molecular weight excluding hydrogens is 735 g/mol. The lowest BCUT2D eigenvalue weighted by Gasteiger charge is -2.26. The topological polar surface area (TPSA) is 3.24 Å². The summed E-state index contributed by atoms with van der Waals surface area (Å²) in [6, 6.07) is 84.1. The first-order chi connectivity index (χ1) is 29.9. The smallest absolute Gasteiger partial charge is 0.0462 e. The lowest BCUT2D eigenvalue weighted by molar-refractivity contribution is 0.591. The Kier molecular flexibility index (Phi) is 9.87. The van der Waals surface area contributed by atoms with E-state index >= 15 is 0 Å². The van der Waals surface area contributed by atoms with Gasteiger partial charge in [0.15, 0.2) is 0 Å². The Labute approximate surface area is 359 Å². The third-order valence-electron chi connectivity index (χ3n) is 12.0. The first kappa shape index (κ1) is 37.8. The average molecular weight is 782 g/mol. The molecule has 0 heterocycles. The second kappa shape index (κ2) is 15.9. The van der Waals surface area contributed by atoms with Gasteiger partial charge in [0.1, 0.15) is 0 Å². The lowest BCUT2D eigenvalue weighted by atomic mass is 9.81. The van der Waals surface area contributed by atoms with Crippen LogP contribution < -0.4 is 4.90 Å². The Morgan fingerprint density at radius 1 is 0.262 bits per heavy atom. The maximum atomic E-state index is 2.45. The van der Waals surface area contributed by atoms with E-state index in [1.54, 1.807) is 0 Å². The molecule has 0 spiro atoms. The Bertz CT molecular complexity index is 3010. The van der Waals surface area contributed by atoms with Crippen LogP contribution >= 0.6 is 0 Å². The summed E-state index contributed by atoms with van der Waals surface area (Å²) in [7, 11) is 0. The normalized spacial score (nSPS) is 11.5. The Balaban J connectivity index is 1.12. The molecule has 0 amide bonds. The summed E-state index contributed by atoms with van der Waals surface area (Å²) in [5.74, 6) is 0. The molecule has 0 aliphatic carbocycles. The second-order valence-electron chi connectivity index (χ2n) is 17.0. The fourth-order valence-electron chi connectivity index (χ4n) is 8.86. The number of rotatable bonds is 8. The van der Waals surface area contributed by atoms with Gasteiger partial charge in [0, 0.05) is 17.1 Å². The van der Waals surface area contributed by atoms with Gasteiger partial charge < -0.3 is 4.90 Å². The van der Waals surface area contributed by atoms with Crippen LogP contribution in [0.3, 0.4) is 0 Å². The van der Waals surface area contributed by atoms with Gasteiger partial charge in [-0.2, -0.15) is 0 Å². The molecule has 10 rings (SSSR count). The fourth-order valence-corrected chi connectivity index (χ4v) is 8.86. The number of nitrogens with zero attached hydrogens (tertiary/aromatic N) is 1. The van der Waals surface area contributed by atoms with Crippen molar-refractivity contribution in [3.8, 4) is 55.6 Å². The predicted molar refractivity (Wildman–Crippen MR) is 262 cm³/mol. The molecule has 10 aromatic carbocycles. The van der Waals surface area contributed by atoms with Gasteiger partial charge in [-0.1, -0.05) is 191 Å². The molecule has 1 nitrogen and oxygen atoms in total. The molecule has 1 heteroatoms. The number of para-hydroxylation sites is 2. The first-order valence-electron chi connectivity index (χ1n) is 21.3. The molecule has 0 saturated heterocycles. The zero-order valence-electron chi connectivity index (χ0n) is 34.9. The van der Waals surface area contributed by atoms with Crippen LogP contribution in [0.1, 0.15) is 26.3 Å². The molecule has 0 fully saturated rings. The van der Waals surface area contributed by atoms with E-state index in [9.17, 15) is 0 Å². The fraction of sp³-hybridized carbons (Fsp3) is 0.0667. The molecule has 61 heavy (non-hydrogen) atoms. The molecule has 0 aromatic heterocycles. The SMILES string of the molecule is CC(C)(C)c1ccc2c(-c3ccc(-c4cc(-c5ccccc5)cc(-c5ccccc5)c4)cc3)c3ccccc3c(-c3ccc(N(c4ccccc4)c4ccccc4)cc3)c2c1. The Hall–Kier alpha value is -7.48. The van der Waals surface area contributed by atoms with Crippen molar-refractivity contribution in [2.75, 3.05) is 4.90 Å². The molecule has 0 unspecified atom stereocenters. The standard InChI is InChI=1S/C60H47N/c1-60(2,3)50-34-37-56-57(41-50)59(46-32-35-53(36-33-46)61(51-22-12-6-13-23-51)52-24-14-7-15-25-52)55-27-17-16-26-54(55)58(56)45-30-28-44(29-31-45)49-39-47(42-18-8-4-9-19-42)38-48(40-49)43-20-10-5-11-21-43/h4-41H,1-3H3. The van der Waals surface area contributed by atoms with Gasteiger partial charge in [0.05, 0.1) is 0 Å². The van der Waals surface area contributed by atoms with Crippen LogP contribution in [0.5, 0.6) is 0 Å². The van der Waals surface area contributed by atoms with Crippen molar-refractivity contribution < 1.29 is 0 Å². The molecule has 10 aromatic rings. The maximum absolute atomic E-state index is 2.45. The lowest BCUT2D eigenvalue weighted by Crippen LogP contribution is -2.10. The summed E-state index contributed by atoms with van der Waals surface area (Å²) >= 11 is 0. The maximum Gasteiger partial charge on any atom is 0.0462 e. The van der Waals surface area contributed by atoms with Crippen molar-refractivity contribution in [1.82, 2.24) is 0 Å². The molecule has 292 valence electrons. The van der Waals surface area contributed by atoms with E-state index in [2.05, 4.69) is 256 Å². The van der Waals surface area contributed by atoms with Gasteiger partial charge in [-0.3, -0.25) is 0 Å². The third-order valence-corrected chi connectivity index (χ3v) is 12.0. The van der Waals surface area contributed by atoms with Crippen LogP contribution in [0, 0.1) is 0 Å². The number of hydrogen-bond donors (Lipinski definition) is 0.